The zero-order chi connectivity index (χ0) is 13.5. The molecule has 4 nitrogen and oxygen atoms in total. The number of hydrogen-bond donors (Lipinski definition) is 2. The van der Waals surface area contributed by atoms with Crippen LogP contribution in [0.1, 0.15) is 12.8 Å². The van der Waals surface area contributed by atoms with Gasteiger partial charge in [-0.1, -0.05) is 18.2 Å². The largest absolute Gasteiger partial charge is 0.326 e. The molecular weight excluding hydrogens is 238 g/mol. The highest BCUT2D eigenvalue weighted by Crippen LogP contribution is 2.15. The zero-order valence-corrected chi connectivity index (χ0v) is 11.6. The number of nitrogens with zero attached hydrogens (tertiary/aromatic N) is 1. The van der Waals surface area contributed by atoms with Crippen molar-refractivity contribution in [1.82, 2.24) is 10.2 Å². The molecule has 1 aromatic carbocycles. The van der Waals surface area contributed by atoms with E-state index in [0.717, 1.165) is 37.8 Å². The van der Waals surface area contributed by atoms with Gasteiger partial charge in [0.05, 0.1) is 0 Å². The second-order valence-corrected chi connectivity index (χ2v) is 5.18. The molecule has 1 aliphatic heterocycles. The Morgan fingerprint density at radius 2 is 2.16 bits per heavy atom. The molecule has 0 radical (unpaired) electrons. The van der Waals surface area contributed by atoms with Gasteiger partial charge in [-0.3, -0.25) is 4.79 Å². The Bertz CT molecular complexity index is 394. The third-order valence-electron chi connectivity index (χ3n) is 3.58. The summed E-state index contributed by atoms with van der Waals surface area (Å²) in [6, 6.07) is 9.63. The number of likely N-dealkylation sites (tertiary alicyclic amines) is 1. The second kappa shape index (κ2) is 7.26. The van der Waals surface area contributed by atoms with Gasteiger partial charge in [-0.2, -0.15) is 0 Å². The van der Waals surface area contributed by atoms with Crippen LogP contribution in [0.3, 0.4) is 0 Å². The van der Waals surface area contributed by atoms with E-state index in [1.54, 1.807) is 0 Å². The van der Waals surface area contributed by atoms with E-state index in [1.165, 1.54) is 6.42 Å². The molecule has 1 unspecified atom stereocenters. The van der Waals surface area contributed by atoms with Gasteiger partial charge in [0.15, 0.2) is 0 Å². The lowest BCUT2D eigenvalue weighted by molar-refractivity contribution is -0.116. The average Bonchev–Trinajstić information content (AvgIpc) is 2.86. The topological polar surface area (TPSA) is 44.4 Å². The van der Waals surface area contributed by atoms with Gasteiger partial charge < -0.3 is 15.5 Å². The number of carbonyl (C=O) groups is 1. The first kappa shape index (κ1) is 14.0. The molecule has 1 saturated heterocycles. The minimum absolute atomic E-state index is 0.100. The first-order chi connectivity index (χ1) is 9.28. The maximum absolute atomic E-state index is 11.8. The molecule has 0 aromatic heterocycles. The summed E-state index contributed by atoms with van der Waals surface area (Å²) in [5, 5.41) is 6.15. The number of para-hydroxylation sites is 1. The lowest BCUT2D eigenvalue weighted by atomic mass is 10.1. The molecule has 1 heterocycles. The molecule has 0 saturated carbocycles. The van der Waals surface area contributed by atoms with E-state index in [4.69, 9.17) is 0 Å². The fourth-order valence-corrected chi connectivity index (χ4v) is 2.58. The van der Waals surface area contributed by atoms with Crippen LogP contribution in [0.15, 0.2) is 30.3 Å². The summed E-state index contributed by atoms with van der Waals surface area (Å²) < 4.78 is 0. The van der Waals surface area contributed by atoms with Gasteiger partial charge in [0.1, 0.15) is 0 Å². The standard InChI is InChI=1S/C15H23N3O/c1-16-11-13-7-9-18(12-13)10-8-15(19)17-14-5-3-2-4-6-14/h2-6,13,16H,7-12H2,1H3,(H,17,19). The molecule has 0 spiro atoms. The third kappa shape index (κ3) is 4.65. The van der Waals surface area contributed by atoms with E-state index < -0.39 is 0 Å². The van der Waals surface area contributed by atoms with E-state index in [2.05, 4.69) is 15.5 Å². The van der Waals surface area contributed by atoms with Gasteiger partial charge in [0.25, 0.3) is 0 Å². The number of benzene rings is 1. The van der Waals surface area contributed by atoms with Crippen molar-refractivity contribution in [3.63, 3.8) is 0 Å². The van der Waals surface area contributed by atoms with Crippen LogP contribution in [0.5, 0.6) is 0 Å². The maximum atomic E-state index is 11.8. The van der Waals surface area contributed by atoms with E-state index in [9.17, 15) is 4.79 Å². The Morgan fingerprint density at radius 3 is 2.89 bits per heavy atom. The number of rotatable bonds is 6. The SMILES string of the molecule is CNCC1CCN(CCC(=O)Nc2ccccc2)C1. The molecular formula is C15H23N3O. The Kier molecular flexibility index (Phi) is 5.36. The van der Waals surface area contributed by atoms with Gasteiger partial charge in [-0.25, -0.2) is 0 Å². The highest BCUT2D eigenvalue weighted by atomic mass is 16.1. The lowest BCUT2D eigenvalue weighted by Gasteiger charge is -2.15. The Balaban J connectivity index is 1.67. The number of hydrogen-bond acceptors (Lipinski definition) is 3. The highest BCUT2D eigenvalue weighted by Gasteiger charge is 2.21. The molecule has 1 amide bonds. The highest BCUT2D eigenvalue weighted by molar-refractivity contribution is 5.90. The fourth-order valence-electron chi connectivity index (χ4n) is 2.58. The molecule has 104 valence electrons. The Morgan fingerprint density at radius 1 is 1.37 bits per heavy atom. The van der Waals surface area contributed by atoms with Crippen LogP contribution in [0.4, 0.5) is 5.69 Å². The van der Waals surface area contributed by atoms with Crippen molar-refractivity contribution in [3.05, 3.63) is 30.3 Å². The summed E-state index contributed by atoms with van der Waals surface area (Å²) >= 11 is 0. The molecule has 1 fully saturated rings. The average molecular weight is 261 g/mol. The molecule has 1 aliphatic rings. The summed E-state index contributed by atoms with van der Waals surface area (Å²) in [6.07, 6.45) is 1.81. The first-order valence-electron chi connectivity index (χ1n) is 7.00. The van der Waals surface area contributed by atoms with Gasteiger partial charge >= 0.3 is 0 Å². The van der Waals surface area contributed by atoms with Crippen LogP contribution in [-0.4, -0.2) is 44.0 Å². The Labute approximate surface area is 115 Å². The summed E-state index contributed by atoms with van der Waals surface area (Å²) in [7, 11) is 2.00. The van der Waals surface area contributed by atoms with Gasteiger partial charge in [0.2, 0.25) is 5.91 Å². The minimum atomic E-state index is 0.100. The monoisotopic (exact) mass is 261 g/mol. The molecule has 4 heteroatoms. The van der Waals surface area contributed by atoms with Crippen LogP contribution in [0.2, 0.25) is 0 Å². The van der Waals surface area contributed by atoms with E-state index in [0.29, 0.717) is 6.42 Å². The second-order valence-electron chi connectivity index (χ2n) is 5.18. The van der Waals surface area contributed by atoms with Gasteiger partial charge in [-0.15, -0.1) is 0 Å². The van der Waals surface area contributed by atoms with Crippen molar-refractivity contribution in [2.75, 3.05) is 38.5 Å². The van der Waals surface area contributed by atoms with Crippen molar-refractivity contribution < 1.29 is 4.79 Å². The third-order valence-corrected chi connectivity index (χ3v) is 3.58. The van der Waals surface area contributed by atoms with Crippen LogP contribution in [-0.2, 0) is 4.79 Å². The van der Waals surface area contributed by atoms with E-state index >= 15 is 0 Å². The molecule has 2 rings (SSSR count). The van der Waals surface area contributed by atoms with Crippen LogP contribution >= 0.6 is 0 Å². The predicted molar refractivity (Wildman–Crippen MR) is 78.2 cm³/mol. The maximum Gasteiger partial charge on any atom is 0.225 e. The predicted octanol–water partition coefficient (Wildman–Crippen LogP) is 1.56. The normalized spacial score (nSPS) is 19.5. The number of amides is 1. The first-order valence-corrected chi connectivity index (χ1v) is 7.00. The van der Waals surface area contributed by atoms with E-state index in [-0.39, 0.29) is 5.91 Å². The Hall–Kier alpha value is -1.39. The van der Waals surface area contributed by atoms with Gasteiger partial charge in [0, 0.05) is 25.2 Å². The smallest absolute Gasteiger partial charge is 0.225 e. The van der Waals surface area contributed by atoms with Crippen molar-refractivity contribution in [1.29, 1.82) is 0 Å². The van der Waals surface area contributed by atoms with Crippen LogP contribution in [0.25, 0.3) is 0 Å². The molecule has 0 bridgehead atoms. The minimum Gasteiger partial charge on any atom is -0.326 e. The summed E-state index contributed by atoms with van der Waals surface area (Å²) in [5.41, 5.74) is 0.877. The van der Waals surface area contributed by atoms with E-state index in [1.807, 2.05) is 37.4 Å². The number of nitrogens with one attached hydrogen (secondary N) is 2. The quantitative estimate of drug-likeness (QED) is 0.817. The van der Waals surface area contributed by atoms with Crippen molar-refractivity contribution >= 4 is 11.6 Å². The molecule has 2 N–H and O–H groups in total. The zero-order valence-electron chi connectivity index (χ0n) is 11.6. The molecule has 19 heavy (non-hydrogen) atoms. The van der Waals surface area contributed by atoms with Crippen LogP contribution in [0, 0.1) is 5.92 Å². The van der Waals surface area contributed by atoms with Gasteiger partial charge in [-0.05, 0) is 44.6 Å². The number of carbonyl (C=O) groups excluding carboxylic acids is 1. The summed E-state index contributed by atoms with van der Waals surface area (Å²) in [5.74, 6) is 0.838. The van der Waals surface area contributed by atoms with Crippen LogP contribution < -0.4 is 10.6 Å². The lowest BCUT2D eigenvalue weighted by Crippen LogP contribution is -2.27. The molecule has 1 atom stereocenters. The molecule has 1 aromatic rings. The summed E-state index contributed by atoms with van der Waals surface area (Å²) in [6.45, 7) is 4.16. The molecule has 0 aliphatic carbocycles. The van der Waals surface area contributed by atoms with Crippen molar-refractivity contribution in [2.24, 2.45) is 5.92 Å². The van der Waals surface area contributed by atoms with Crippen molar-refractivity contribution in [2.45, 2.75) is 12.8 Å². The fraction of sp³-hybridized carbons (Fsp3) is 0.533. The van der Waals surface area contributed by atoms with Crippen molar-refractivity contribution in [3.8, 4) is 0 Å². The summed E-state index contributed by atoms with van der Waals surface area (Å²) in [4.78, 5) is 14.2. The number of anilines is 1.